The van der Waals surface area contributed by atoms with E-state index in [0.29, 0.717) is 23.7 Å². The fourth-order valence-electron chi connectivity index (χ4n) is 1.74. The molecule has 18 heavy (non-hydrogen) atoms. The Kier molecular flexibility index (Phi) is 3.36. The number of benzene rings is 1. The molecule has 1 heterocycles. The summed E-state index contributed by atoms with van der Waals surface area (Å²) in [6.45, 7) is 0.471. The van der Waals surface area contributed by atoms with Crippen LogP contribution in [0, 0.1) is 0 Å². The Hall–Kier alpha value is -2.24. The van der Waals surface area contributed by atoms with Crippen LogP contribution in [-0.2, 0) is 14.3 Å². The maximum absolute atomic E-state index is 11.7. The second-order valence-corrected chi connectivity index (χ2v) is 3.63. The van der Waals surface area contributed by atoms with Gasteiger partial charge in [-0.3, -0.25) is 9.69 Å². The number of esters is 1. The first kappa shape index (κ1) is 12.2. The summed E-state index contributed by atoms with van der Waals surface area (Å²) in [6, 6.07) is 5.05. The Morgan fingerprint density at radius 3 is 2.67 bits per heavy atom. The zero-order valence-corrected chi connectivity index (χ0v) is 10.1. The van der Waals surface area contributed by atoms with Crippen LogP contribution < -0.4 is 14.4 Å². The van der Waals surface area contributed by atoms with Crippen LogP contribution in [0.5, 0.6) is 11.5 Å². The molecule has 6 heteroatoms. The molecule has 0 saturated carbocycles. The van der Waals surface area contributed by atoms with Crippen LogP contribution >= 0.6 is 0 Å². The molecular weight excluding hydrogens is 238 g/mol. The number of ether oxygens (including phenoxy) is 3. The summed E-state index contributed by atoms with van der Waals surface area (Å²) in [6.07, 6.45) is 0. The van der Waals surface area contributed by atoms with E-state index in [1.807, 2.05) is 0 Å². The molecule has 1 fully saturated rings. The first-order valence-electron chi connectivity index (χ1n) is 5.38. The van der Waals surface area contributed by atoms with Crippen LogP contribution in [0.4, 0.5) is 5.69 Å². The average molecular weight is 251 g/mol. The van der Waals surface area contributed by atoms with Gasteiger partial charge in [-0.2, -0.15) is 0 Å². The number of anilines is 1. The van der Waals surface area contributed by atoms with Crippen LogP contribution in [-0.4, -0.2) is 39.2 Å². The van der Waals surface area contributed by atoms with Crippen LogP contribution in [0.15, 0.2) is 18.2 Å². The summed E-state index contributed by atoms with van der Waals surface area (Å²) in [5.41, 5.74) is 0.499. The van der Waals surface area contributed by atoms with Crippen molar-refractivity contribution in [2.75, 3.05) is 32.3 Å². The van der Waals surface area contributed by atoms with Gasteiger partial charge in [0.1, 0.15) is 18.1 Å². The van der Waals surface area contributed by atoms with Crippen molar-refractivity contribution >= 4 is 17.6 Å². The SMILES string of the molecule is COc1ccc(OC)c(N2CCOC(=O)C2=O)c1. The lowest BCUT2D eigenvalue weighted by atomic mass is 10.2. The second-order valence-electron chi connectivity index (χ2n) is 3.63. The first-order valence-corrected chi connectivity index (χ1v) is 5.38. The highest BCUT2D eigenvalue weighted by molar-refractivity contribution is 6.38. The smallest absolute Gasteiger partial charge is 0.397 e. The van der Waals surface area contributed by atoms with Crippen molar-refractivity contribution in [3.8, 4) is 11.5 Å². The largest absolute Gasteiger partial charge is 0.497 e. The third-order valence-corrected chi connectivity index (χ3v) is 2.64. The zero-order valence-electron chi connectivity index (χ0n) is 10.1. The lowest BCUT2D eigenvalue weighted by Gasteiger charge is -2.27. The number of methoxy groups -OCH3 is 2. The van der Waals surface area contributed by atoms with E-state index in [-0.39, 0.29) is 6.61 Å². The van der Waals surface area contributed by atoms with E-state index < -0.39 is 11.9 Å². The van der Waals surface area contributed by atoms with Gasteiger partial charge >= 0.3 is 11.9 Å². The van der Waals surface area contributed by atoms with Gasteiger partial charge in [0, 0.05) is 6.07 Å². The lowest BCUT2D eigenvalue weighted by Crippen LogP contribution is -2.45. The van der Waals surface area contributed by atoms with Crippen molar-refractivity contribution in [2.24, 2.45) is 0 Å². The molecule has 1 saturated heterocycles. The summed E-state index contributed by atoms with van der Waals surface area (Å²) in [7, 11) is 3.02. The van der Waals surface area contributed by atoms with Gasteiger partial charge in [0.05, 0.1) is 26.5 Å². The Morgan fingerprint density at radius 2 is 2.00 bits per heavy atom. The quantitative estimate of drug-likeness (QED) is 0.581. The molecule has 0 atom stereocenters. The predicted molar refractivity (Wildman–Crippen MR) is 62.9 cm³/mol. The fraction of sp³-hybridized carbons (Fsp3) is 0.333. The molecule has 1 aromatic rings. The van der Waals surface area contributed by atoms with E-state index in [1.165, 1.54) is 19.1 Å². The summed E-state index contributed by atoms with van der Waals surface area (Å²) in [4.78, 5) is 24.3. The Balaban J connectivity index is 2.41. The number of carbonyl (C=O) groups is 2. The summed E-state index contributed by atoms with van der Waals surface area (Å²) < 4.78 is 14.9. The molecule has 0 spiro atoms. The van der Waals surface area contributed by atoms with Gasteiger partial charge in [-0.15, -0.1) is 0 Å². The number of hydrogen-bond donors (Lipinski definition) is 0. The summed E-state index contributed by atoms with van der Waals surface area (Å²) in [5, 5.41) is 0. The molecule has 2 rings (SSSR count). The lowest BCUT2D eigenvalue weighted by molar-refractivity contribution is -0.156. The van der Waals surface area contributed by atoms with Crippen LogP contribution in [0.2, 0.25) is 0 Å². The molecule has 1 amide bonds. The molecule has 0 bridgehead atoms. The van der Waals surface area contributed by atoms with Crippen molar-refractivity contribution in [3.05, 3.63) is 18.2 Å². The molecule has 0 aromatic heterocycles. The summed E-state index contributed by atoms with van der Waals surface area (Å²) >= 11 is 0. The van der Waals surface area contributed by atoms with Crippen LogP contribution in [0.1, 0.15) is 0 Å². The van der Waals surface area contributed by atoms with E-state index in [0.717, 1.165) is 0 Å². The molecular formula is C12H13NO5. The maximum atomic E-state index is 11.7. The second kappa shape index (κ2) is 4.95. The highest BCUT2D eigenvalue weighted by atomic mass is 16.5. The molecule has 0 N–H and O–H groups in total. The van der Waals surface area contributed by atoms with Crippen molar-refractivity contribution in [1.82, 2.24) is 0 Å². The molecule has 0 radical (unpaired) electrons. The normalized spacial score (nSPS) is 15.3. The van der Waals surface area contributed by atoms with Crippen molar-refractivity contribution in [3.63, 3.8) is 0 Å². The number of nitrogens with zero attached hydrogens (tertiary/aromatic N) is 1. The monoisotopic (exact) mass is 251 g/mol. The van der Waals surface area contributed by atoms with E-state index in [9.17, 15) is 9.59 Å². The molecule has 96 valence electrons. The van der Waals surface area contributed by atoms with Gasteiger partial charge in [0.25, 0.3) is 0 Å². The van der Waals surface area contributed by atoms with E-state index in [2.05, 4.69) is 4.74 Å². The number of morpholine rings is 1. The van der Waals surface area contributed by atoms with Gasteiger partial charge in [0.15, 0.2) is 0 Å². The standard InChI is InChI=1S/C12H13NO5/c1-16-8-3-4-10(17-2)9(7-8)13-5-6-18-12(15)11(13)14/h3-4,7H,5-6H2,1-2H3. The minimum absolute atomic E-state index is 0.172. The molecule has 1 aliphatic rings. The van der Waals surface area contributed by atoms with Gasteiger partial charge in [-0.1, -0.05) is 0 Å². The van der Waals surface area contributed by atoms with Gasteiger partial charge in [0.2, 0.25) is 0 Å². The Labute approximate surface area is 104 Å². The highest BCUT2D eigenvalue weighted by Gasteiger charge is 2.31. The minimum Gasteiger partial charge on any atom is -0.497 e. The number of hydrogen-bond acceptors (Lipinski definition) is 5. The van der Waals surface area contributed by atoms with Crippen molar-refractivity contribution in [1.29, 1.82) is 0 Å². The van der Waals surface area contributed by atoms with Gasteiger partial charge in [-0.05, 0) is 12.1 Å². The molecule has 1 aromatic carbocycles. The van der Waals surface area contributed by atoms with Gasteiger partial charge < -0.3 is 14.2 Å². The van der Waals surface area contributed by atoms with Crippen LogP contribution in [0.25, 0.3) is 0 Å². The topological polar surface area (TPSA) is 65.1 Å². The van der Waals surface area contributed by atoms with Crippen molar-refractivity contribution in [2.45, 2.75) is 0 Å². The molecule has 6 nitrogen and oxygen atoms in total. The summed E-state index contributed by atoms with van der Waals surface area (Å²) in [5.74, 6) is -0.477. The molecule has 1 aliphatic heterocycles. The van der Waals surface area contributed by atoms with Gasteiger partial charge in [-0.25, -0.2) is 4.79 Å². The third kappa shape index (κ3) is 2.09. The van der Waals surface area contributed by atoms with E-state index in [4.69, 9.17) is 9.47 Å². The fourth-order valence-corrected chi connectivity index (χ4v) is 1.74. The minimum atomic E-state index is -0.855. The van der Waals surface area contributed by atoms with Crippen molar-refractivity contribution < 1.29 is 23.8 Å². The molecule has 0 aliphatic carbocycles. The third-order valence-electron chi connectivity index (χ3n) is 2.64. The number of amides is 1. The zero-order chi connectivity index (χ0) is 13.1. The number of cyclic esters (lactones) is 1. The van der Waals surface area contributed by atoms with Crippen LogP contribution in [0.3, 0.4) is 0 Å². The number of rotatable bonds is 3. The van der Waals surface area contributed by atoms with E-state index >= 15 is 0 Å². The first-order chi connectivity index (χ1) is 8.67. The number of carbonyl (C=O) groups excluding carboxylic acids is 2. The van der Waals surface area contributed by atoms with E-state index in [1.54, 1.807) is 18.2 Å². The molecule has 0 unspecified atom stereocenters. The Bertz CT molecular complexity index is 485. The average Bonchev–Trinajstić information content (AvgIpc) is 2.41. The highest BCUT2D eigenvalue weighted by Crippen LogP contribution is 2.33. The predicted octanol–water partition coefficient (Wildman–Crippen LogP) is 0.594. The maximum Gasteiger partial charge on any atom is 0.397 e. The Morgan fingerprint density at radius 1 is 1.22 bits per heavy atom.